The van der Waals surface area contributed by atoms with Crippen LogP contribution in [-0.2, 0) is 9.53 Å². The molecule has 19 heavy (non-hydrogen) atoms. The fourth-order valence-electron chi connectivity index (χ4n) is 1.59. The molecule has 0 aliphatic carbocycles. The van der Waals surface area contributed by atoms with Gasteiger partial charge >= 0.3 is 5.97 Å². The second-order valence-electron chi connectivity index (χ2n) is 3.87. The molecule has 0 saturated carbocycles. The Morgan fingerprint density at radius 1 is 1.32 bits per heavy atom. The van der Waals surface area contributed by atoms with Gasteiger partial charge in [-0.3, -0.25) is 4.79 Å². The fourth-order valence-corrected chi connectivity index (χ4v) is 1.77. The molecule has 1 amide bonds. The molecule has 1 rings (SSSR count). The van der Waals surface area contributed by atoms with Gasteiger partial charge in [0.25, 0.3) is 5.91 Å². The zero-order chi connectivity index (χ0) is 14.4. The lowest BCUT2D eigenvalue weighted by Gasteiger charge is -2.18. The predicted molar refractivity (Wildman–Crippen MR) is 74.1 cm³/mol. The van der Waals surface area contributed by atoms with Crippen molar-refractivity contribution < 1.29 is 14.3 Å². The molecule has 0 bridgehead atoms. The molecule has 104 valence electrons. The number of anilines is 1. The van der Waals surface area contributed by atoms with E-state index in [1.54, 1.807) is 11.0 Å². The van der Waals surface area contributed by atoms with Gasteiger partial charge in [0.15, 0.2) is 6.61 Å². The molecule has 2 N–H and O–H groups in total. The van der Waals surface area contributed by atoms with Crippen molar-refractivity contribution in [3.63, 3.8) is 0 Å². The van der Waals surface area contributed by atoms with Gasteiger partial charge in [-0.25, -0.2) is 4.79 Å². The first-order valence-corrected chi connectivity index (χ1v) is 6.37. The summed E-state index contributed by atoms with van der Waals surface area (Å²) in [6.07, 6.45) is 0. The zero-order valence-corrected chi connectivity index (χ0v) is 11.7. The van der Waals surface area contributed by atoms with E-state index in [9.17, 15) is 9.59 Å². The topological polar surface area (TPSA) is 72.6 Å². The largest absolute Gasteiger partial charge is 0.452 e. The third kappa shape index (κ3) is 4.13. The normalized spacial score (nSPS) is 10.1. The van der Waals surface area contributed by atoms with Gasteiger partial charge in [-0.1, -0.05) is 11.6 Å². The summed E-state index contributed by atoms with van der Waals surface area (Å²) in [6, 6.07) is 4.48. The number of benzene rings is 1. The lowest BCUT2D eigenvalue weighted by molar-refractivity contribution is -0.134. The van der Waals surface area contributed by atoms with Crippen molar-refractivity contribution in [1.29, 1.82) is 0 Å². The van der Waals surface area contributed by atoms with Gasteiger partial charge < -0.3 is 15.4 Å². The van der Waals surface area contributed by atoms with E-state index >= 15 is 0 Å². The molecule has 0 aliphatic heterocycles. The number of hydrogen-bond acceptors (Lipinski definition) is 4. The summed E-state index contributed by atoms with van der Waals surface area (Å²) in [7, 11) is 0. The smallest absolute Gasteiger partial charge is 0.340 e. The number of carbonyl (C=O) groups excluding carboxylic acids is 2. The van der Waals surface area contributed by atoms with Crippen molar-refractivity contribution in [1.82, 2.24) is 4.90 Å². The van der Waals surface area contributed by atoms with Crippen LogP contribution in [0.2, 0.25) is 5.02 Å². The van der Waals surface area contributed by atoms with Gasteiger partial charge in [-0.05, 0) is 32.0 Å². The van der Waals surface area contributed by atoms with Crippen LogP contribution in [0.4, 0.5) is 5.69 Å². The minimum absolute atomic E-state index is 0.205. The van der Waals surface area contributed by atoms with E-state index in [0.717, 1.165) is 0 Å². The molecule has 0 saturated heterocycles. The van der Waals surface area contributed by atoms with Crippen LogP contribution in [0.15, 0.2) is 18.2 Å². The summed E-state index contributed by atoms with van der Waals surface area (Å²) in [6.45, 7) is 4.59. The molecule has 0 radical (unpaired) electrons. The Morgan fingerprint density at radius 3 is 2.47 bits per heavy atom. The Kier molecular flexibility index (Phi) is 5.63. The molecule has 1 aromatic rings. The van der Waals surface area contributed by atoms with Crippen molar-refractivity contribution in [2.24, 2.45) is 0 Å². The highest BCUT2D eigenvalue weighted by Crippen LogP contribution is 2.18. The first-order valence-electron chi connectivity index (χ1n) is 5.99. The van der Waals surface area contributed by atoms with E-state index in [-0.39, 0.29) is 23.8 Å². The molecule has 6 heteroatoms. The van der Waals surface area contributed by atoms with Gasteiger partial charge in [0.2, 0.25) is 0 Å². The first-order chi connectivity index (χ1) is 8.99. The van der Waals surface area contributed by atoms with Gasteiger partial charge in [0.1, 0.15) is 0 Å². The van der Waals surface area contributed by atoms with Gasteiger partial charge in [0, 0.05) is 23.8 Å². The number of rotatable bonds is 5. The standard InChI is InChI=1S/C13H17ClN2O3/c1-3-16(4-2)12(17)8-19-13(18)10-6-5-9(14)7-11(10)15/h5-7H,3-4,8,15H2,1-2H3. The van der Waals surface area contributed by atoms with Crippen LogP contribution >= 0.6 is 11.6 Å². The minimum Gasteiger partial charge on any atom is -0.452 e. The maximum atomic E-state index is 11.8. The van der Waals surface area contributed by atoms with Crippen LogP contribution in [0.1, 0.15) is 24.2 Å². The molecule has 0 spiro atoms. The Balaban J connectivity index is 2.63. The number of amides is 1. The third-order valence-corrected chi connectivity index (χ3v) is 2.91. The fraction of sp³-hybridized carbons (Fsp3) is 0.385. The number of esters is 1. The number of likely N-dealkylation sites (N-methyl/N-ethyl adjacent to an activating group) is 1. The highest BCUT2D eigenvalue weighted by Gasteiger charge is 2.15. The Hall–Kier alpha value is -1.75. The summed E-state index contributed by atoms with van der Waals surface area (Å²) in [5, 5.41) is 0.438. The van der Waals surface area contributed by atoms with E-state index < -0.39 is 5.97 Å². The number of halogens is 1. The summed E-state index contributed by atoms with van der Waals surface area (Å²) in [5.41, 5.74) is 6.09. The molecular formula is C13H17ClN2O3. The Labute approximate surface area is 117 Å². The maximum absolute atomic E-state index is 11.8. The number of hydrogen-bond donors (Lipinski definition) is 1. The molecule has 5 nitrogen and oxygen atoms in total. The molecule has 0 unspecified atom stereocenters. The highest BCUT2D eigenvalue weighted by molar-refractivity contribution is 6.31. The van der Waals surface area contributed by atoms with Crippen LogP contribution < -0.4 is 5.73 Å². The van der Waals surface area contributed by atoms with Crippen LogP contribution in [-0.4, -0.2) is 36.5 Å². The molecular weight excluding hydrogens is 268 g/mol. The van der Waals surface area contributed by atoms with Crippen molar-refractivity contribution >= 4 is 29.2 Å². The summed E-state index contributed by atoms with van der Waals surface area (Å²) in [4.78, 5) is 25.0. The third-order valence-electron chi connectivity index (χ3n) is 2.68. The van der Waals surface area contributed by atoms with Crippen LogP contribution in [0.3, 0.4) is 0 Å². The quantitative estimate of drug-likeness (QED) is 0.662. The Morgan fingerprint density at radius 2 is 1.95 bits per heavy atom. The Bertz CT molecular complexity index is 473. The molecule has 0 atom stereocenters. The molecule has 0 fully saturated rings. The molecule has 0 aromatic heterocycles. The van der Waals surface area contributed by atoms with E-state index in [1.807, 2.05) is 13.8 Å². The van der Waals surface area contributed by atoms with E-state index in [4.69, 9.17) is 22.1 Å². The first kappa shape index (κ1) is 15.3. The zero-order valence-electron chi connectivity index (χ0n) is 11.0. The van der Waals surface area contributed by atoms with Crippen LogP contribution in [0.25, 0.3) is 0 Å². The molecule has 0 aliphatic rings. The predicted octanol–water partition coefficient (Wildman–Crippen LogP) is 1.95. The minimum atomic E-state index is -0.630. The monoisotopic (exact) mass is 284 g/mol. The van der Waals surface area contributed by atoms with Crippen molar-refractivity contribution in [3.8, 4) is 0 Å². The highest BCUT2D eigenvalue weighted by atomic mass is 35.5. The van der Waals surface area contributed by atoms with Gasteiger partial charge in [-0.15, -0.1) is 0 Å². The second kappa shape index (κ2) is 6.99. The van der Waals surface area contributed by atoms with Gasteiger partial charge in [0.05, 0.1) is 5.56 Å². The number of carbonyl (C=O) groups is 2. The molecule has 1 aromatic carbocycles. The number of nitrogens with two attached hydrogens (primary N) is 1. The number of nitrogen functional groups attached to an aromatic ring is 1. The lowest BCUT2D eigenvalue weighted by atomic mass is 10.2. The number of ether oxygens (including phenoxy) is 1. The van der Waals surface area contributed by atoms with Crippen molar-refractivity contribution in [3.05, 3.63) is 28.8 Å². The lowest BCUT2D eigenvalue weighted by Crippen LogP contribution is -2.34. The van der Waals surface area contributed by atoms with E-state index in [2.05, 4.69) is 0 Å². The van der Waals surface area contributed by atoms with E-state index in [0.29, 0.717) is 18.1 Å². The SMILES string of the molecule is CCN(CC)C(=O)COC(=O)c1ccc(Cl)cc1N. The van der Waals surface area contributed by atoms with Gasteiger partial charge in [-0.2, -0.15) is 0 Å². The van der Waals surface area contributed by atoms with Crippen molar-refractivity contribution in [2.45, 2.75) is 13.8 Å². The molecule has 0 heterocycles. The average Bonchev–Trinajstić information content (AvgIpc) is 2.37. The number of nitrogens with zero attached hydrogens (tertiary/aromatic N) is 1. The second-order valence-corrected chi connectivity index (χ2v) is 4.31. The van der Waals surface area contributed by atoms with E-state index in [1.165, 1.54) is 12.1 Å². The average molecular weight is 285 g/mol. The summed E-state index contributed by atoms with van der Waals surface area (Å²) in [5.74, 6) is -0.861. The maximum Gasteiger partial charge on any atom is 0.340 e. The van der Waals surface area contributed by atoms with Crippen LogP contribution in [0, 0.1) is 0 Å². The van der Waals surface area contributed by atoms with Crippen molar-refractivity contribution in [2.75, 3.05) is 25.4 Å². The summed E-state index contributed by atoms with van der Waals surface area (Å²) < 4.78 is 4.94. The van der Waals surface area contributed by atoms with Crippen LogP contribution in [0.5, 0.6) is 0 Å². The summed E-state index contributed by atoms with van der Waals surface area (Å²) >= 11 is 5.74.